The summed E-state index contributed by atoms with van der Waals surface area (Å²) in [5, 5.41) is 0. The molecule has 0 unspecified atom stereocenters. The molecule has 5 heteroatoms. The summed E-state index contributed by atoms with van der Waals surface area (Å²) in [5.41, 5.74) is 6.60. The summed E-state index contributed by atoms with van der Waals surface area (Å²) in [5.74, 6) is 1.39. The average Bonchev–Trinajstić information content (AvgIpc) is 3.23. The largest absolute Gasteiger partial charge is 0.497 e. The van der Waals surface area contributed by atoms with Gasteiger partial charge in [-0.25, -0.2) is 0 Å². The van der Waals surface area contributed by atoms with Crippen molar-refractivity contribution < 1.29 is 9.53 Å². The number of rotatable bonds is 6. The standard InChI is InChI=1S/C14H20N2O2S/c1-3-16(10-4-5-10)14(17)9-19-13-8-11(18-2)6-7-12(13)15/h6-8,10H,3-5,9,15H2,1-2H3. The molecule has 1 aromatic carbocycles. The van der Waals surface area contributed by atoms with Gasteiger partial charge in [-0.15, -0.1) is 11.8 Å². The molecular formula is C14H20N2O2S. The van der Waals surface area contributed by atoms with Gasteiger partial charge in [-0.1, -0.05) is 0 Å². The Kier molecular flexibility index (Phi) is 4.58. The van der Waals surface area contributed by atoms with Gasteiger partial charge in [0.2, 0.25) is 5.91 Å². The number of hydrogen-bond acceptors (Lipinski definition) is 4. The lowest BCUT2D eigenvalue weighted by Gasteiger charge is -2.20. The van der Waals surface area contributed by atoms with Crippen molar-refractivity contribution in [1.29, 1.82) is 0 Å². The predicted octanol–water partition coefficient (Wildman–Crippen LogP) is 2.38. The summed E-state index contributed by atoms with van der Waals surface area (Å²) in [6, 6.07) is 5.98. The maximum absolute atomic E-state index is 12.1. The summed E-state index contributed by atoms with van der Waals surface area (Å²) in [7, 11) is 1.62. The first-order chi connectivity index (χ1) is 9.15. The van der Waals surface area contributed by atoms with Crippen LogP contribution in [0.25, 0.3) is 0 Å². The monoisotopic (exact) mass is 280 g/mol. The predicted molar refractivity (Wildman–Crippen MR) is 78.5 cm³/mol. The first-order valence-electron chi connectivity index (χ1n) is 6.51. The Bertz CT molecular complexity index is 461. The molecule has 0 heterocycles. The summed E-state index contributed by atoms with van der Waals surface area (Å²) in [4.78, 5) is 15.0. The van der Waals surface area contributed by atoms with E-state index in [-0.39, 0.29) is 5.91 Å². The van der Waals surface area contributed by atoms with Crippen LogP contribution in [-0.2, 0) is 4.79 Å². The lowest BCUT2D eigenvalue weighted by atomic mass is 10.3. The van der Waals surface area contributed by atoms with Crippen LogP contribution in [0.15, 0.2) is 23.1 Å². The maximum atomic E-state index is 12.1. The fourth-order valence-corrected chi connectivity index (χ4v) is 2.89. The van der Waals surface area contributed by atoms with Crippen molar-refractivity contribution in [2.75, 3.05) is 25.1 Å². The van der Waals surface area contributed by atoms with Crippen LogP contribution in [0.2, 0.25) is 0 Å². The van der Waals surface area contributed by atoms with Gasteiger partial charge >= 0.3 is 0 Å². The molecule has 0 spiro atoms. The quantitative estimate of drug-likeness (QED) is 0.642. The summed E-state index contributed by atoms with van der Waals surface area (Å²) in [6.07, 6.45) is 2.29. The first-order valence-corrected chi connectivity index (χ1v) is 7.50. The summed E-state index contributed by atoms with van der Waals surface area (Å²) >= 11 is 1.48. The van der Waals surface area contributed by atoms with Crippen LogP contribution >= 0.6 is 11.8 Å². The van der Waals surface area contributed by atoms with Gasteiger partial charge in [0.15, 0.2) is 0 Å². The van der Waals surface area contributed by atoms with E-state index in [0.717, 1.165) is 30.0 Å². The molecule has 1 amide bonds. The van der Waals surface area contributed by atoms with Crippen LogP contribution < -0.4 is 10.5 Å². The number of thioether (sulfide) groups is 1. The molecule has 0 aromatic heterocycles. The highest BCUT2D eigenvalue weighted by Gasteiger charge is 2.31. The van der Waals surface area contributed by atoms with E-state index in [2.05, 4.69) is 0 Å². The highest BCUT2D eigenvalue weighted by Crippen LogP contribution is 2.31. The van der Waals surface area contributed by atoms with Crippen LogP contribution in [0, 0.1) is 0 Å². The molecular weight excluding hydrogens is 260 g/mol. The zero-order chi connectivity index (χ0) is 13.8. The Morgan fingerprint density at radius 2 is 2.26 bits per heavy atom. The number of hydrogen-bond donors (Lipinski definition) is 1. The third-order valence-electron chi connectivity index (χ3n) is 3.22. The molecule has 104 valence electrons. The van der Waals surface area contributed by atoms with Gasteiger partial charge in [0.1, 0.15) is 5.75 Å². The number of anilines is 1. The van der Waals surface area contributed by atoms with Gasteiger partial charge in [-0.05, 0) is 38.0 Å². The number of amides is 1. The van der Waals surface area contributed by atoms with Crippen molar-refractivity contribution in [2.24, 2.45) is 0 Å². The number of carbonyl (C=O) groups excluding carboxylic acids is 1. The van der Waals surface area contributed by atoms with Crippen LogP contribution in [-0.4, -0.2) is 36.3 Å². The van der Waals surface area contributed by atoms with E-state index in [0.29, 0.717) is 17.5 Å². The van der Waals surface area contributed by atoms with Gasteiger partial charge in [0.25, 0.3) is 0 Å². The van der Waals surface area contributed by atoms with Crippen LogP contribution in [0.1, 0.15) is 19.8 Å². The number of methoxy groups -OCH3 is 1. The van der Waals surface area contributed by atoms with Crippen molar-refractivity contribution in [3.05, 3.63) is 18.2 Å². The highest BCUT2D eigenvalue weighted by molar-refractivity contribution is 8.00. The minimum atomic E-state index is 0.192. The molecule has 2 rings (SSSR count). The fraction of sp³-hybridized carbons (Fsp3) is 0.500. The number of ether oxygens (including phenoxy) is 1. The van der Waals surface area contributed by atoms with Crippen molar-refractivity contribution in [2.45, 2.75) is 30.7 Å². The summed E-state index contributed by atoms with van der Waals surface area (Å²) in [6.45, 7) is 2.82. The minimum absolute atomic E-state index is 0.192. The molecule has 0 bridgehead atoms. The number of carbonyl (C=O) groups is 1. The van der Waals surface area contributed by atoms with Crippen LogP contribution in [0.5, 0.6) is 5.75 Å². The SMILES string of the molecule is CCN(C(=O)CSc1cc(OC)ccc1N)C1CC1. The van der Waals surface area contributed by atoms with E-state index >= 15 is 0 Å². The normalized spacial score (nSPS) is 14.2. The number of nitrogen functional groups attached to an aromatic ring is 1. The topological polar surface area (TPSA) is 55.6 Å². The van der Waals surface area contributed by atoms with E-state index in [9.17, 15) is 4.79 Å². The van der Waals surface area contributed by atoms with Crippen molar-refractivity contribution in [3.63, 3.8) is 0 Å². The molecule has 4 nitrogen and oxygen atoms in total. The van der Waals surface area contributed by atoms with Crippen LogP contribution in [0.3, 0.4) is 0 Å². The second kappa shape index (κ2) is 6.19. The maximum Gasteiger partial charge on any atom is 0.233 e. The Morgan fingerprint density at radius 1 is 1.53 bits per heavy atom. The van der Waals surface area contributed by atoms with Crippen molar-refractivity contribution in [3.8, 4) is 5.75 Å². The highest BCUT2D eigenvalue weighted by atomic mass is 32.2. The van der Waals surface area contributed by atoms with E-state index in [1.54, 1.807) is 7.11 Å². The van der Waals surface area contributed by atoms with Gasteiger partial charge in [0, 0.05) is 23.2 Å². The molecule has 1 aliphatic carbocycles. The minimum Gasteiger partial charge on any atom is -0.497 e. The molecule has 19 heavy (non-hydrogen) atoms. The van der Waals surface area contributed by atoms with Gasteiger partial charge < -0.3 is 15.4 Å². The molecule has 0 aliphatic heterocycles. The van der Waals surface area contributed by atoms with Crippen LogP contribution in [0.4, 0.5) is 5.69 Å². The average molecular weight is 280 g/mol. The number of nitrogens with zero attached hydrogens (tertiary/aromatic N) is 1. The molecule has 2 N–H and O–H groups in total. The number of nitrogens with two attached hydrogens (primary N) is 1. The fourth-order valence-electron chi connectivity index (χ4n) is 2.01. The molecule has 1 fully saturated rings. The van der Waals surface area contributed by atoms with E-state index < -0.39 is 0 Å². The lowest BCUT2D eigenvalue weighted by molar-refractivity contribution is -0.128. The first kappa shape index (κ1) is 14.1. The van der Waals surface area contributed by atoms with Crippen molar-refractivity contribution in [1.82, 2.24) is 4.90 Å². The molecule has 1 aliphatic rings. The molecule has 1 saturated carbocycles. The second-order valence-electron chi connectivity index (χ2n) is 4.60. The third kappa shape index (κ3) is 3.56. The van der Waals surface area contributed by atoms with Crippen molar-refractivity contribution >= 4 is 23.4 Å². The third-order valence-corrected chi connectivity index (χ3v) is 4.28. The smallest absolute Gasteiger partial charge is 0.233 e. The van der Waals surface area contributed by atoms with Gasteiger partial charge in [-0.2, -0.15) is 0 Å². The Morgan fingerprint density at radius 3 is 2.84 bits per heavy atom. The van der Waals surface area contributed by atoms with E-state index in [1.165, 1.54) is 11.8 Å². The van der Waals surface area contributed by atoms with Gasteiger partial charge in [-0.3, -0.25) is 4.79 Å². The summed E-state index contributed by atoms with van der Waals surface area (Å²) < 4.78 is 5.17. The van der Waals surface area contributed by atoms with Gasteiger partial charge in [0.05, 0.1) is 12.9 Å². The molecule has 0 radical (unpaired) electrons. The van der Waals surface area contributed by atoms with E-state index in [4.69, 9.17) is 10.5 Å². The Labute approximate surface area is 118 Å². The zero-order valence-corrected chi connectivity index (χ0v) is 12.2. The molecule has 0 atom stereocenters. The number of benzene rings is 1. The molecule has 1 aromatic rings. The Hall–Kier alpha value is -1.36. The lowest BCUT2D eigenvalue weighted by Crippen LogP contribution is -2.34. The van der Waals surface area contributed by atoms with E-state index in [1.807, 2.05) is 30.0 Å². The Balaban J connectivity index is 1.95. The second-order valence-corrected chi connectivity index (χ2v) is 5.62. The molecule has 0 saturated heterocycles. The zero-order valence-electron chi connectivity index (χ0n) is 11.4.